The van der Waals surface area contributed by atoms with Crippen LogP contribution in [0.25, 0.3) is 0 Å². The van der Waals surface area contributed by atoms with Crippen LogP contribution < -0.4 is 4.90 Å². The molecule has 0 saturated heterocycles. The van der Waals surface area contributed by atoms with Crippen molar-refractivity contribution in [1.29, 1.82) is 0 Å². The van der Waals surface area contributed by atoms with E-state index in [1.165, 1.54) is 4.90 Å². The van der Waals surface area contributed by atoms with E-state index in [4.69, 9.17) is 11.6 Å². The number of benzene rings is 2. The first-order chi connectivity index (χ1) is 10.2. The highest BCUT2D eigenvalue weighted by atomic mass is 35.5. The Morgan fingerprint density at radius 3 is 2.71 bits per heavy atom. The van der Waals surface area contributed by atoms with Gasteiger partial charge in [-0.2, -0.15) is 0 Å². The molecule has 0 aromatic heterocycles. The summed E-state index contributed by atoms with van der Waals surface area (Å²) < 4.78 is 0. The fourth-order valence-electron chi connectivity index (χ4n) is 2.46. The lowest BCUT2D eigenvalue weighted by Gasteiger charge is -2.22. The van der Waals surface area contributed by atoms with Crippen LogP contribution in [0.4, 0.5) is 5.69 Å². The average Bonchev–Trinajstić information content (AvgIpc) is 2.72. The van der Waals surface area contributed by atoms with E-state index >= 15 is 0 Å². The van der Waals surface area contributed by atoms with Gasteiger partial charge in [0, 0.05) is 16.5 Å². The van der Waals surface area contributed by atoms with Gasteiger partial charge >= 0.3 is 0 Å². The van der Waals surface area contributed by atoms with Crippen LogP contribution in [-0.4, -0.2) is 18.2 Å². The fraction of sp³-hybridized carbons (Fsp3) is 0.235. The maximum atomic E-state index is 12.7. The highest BCUT2D eigenvalue weighted by Gasteiger charge is 2.21. The van der Waals surface area contributed by atoms with Crippen LogP contribution in [0.1, 0.15) is 12.0 Å². The summed E-state index contributed by atoms with van der Waals surface area (Å²) >= 11 is 7.71. The number of nitrogens with zero attached hydrogens (tertiary/aromatic N) is 1. The van der Waals surface area contributed by atoms with E-state index in [-0.39, 0.29) is 5.91 Å². The molecule has 0 fully saturated rings. The molecule has 108 valence electrons. The minimum absolute atomic E-state index is 0.146. The van der Waals surface area contributed by atoms with Crippen LogP contribution in [-0.2, 0) is 11.2 Å². The van der Waals surface area contributed by atoms with E-state index in [0.717, 1.165) is 30.0 Å². The van der Waals surface area contributed by atoms with Crippen LogP contribution >= 0.6 is 23.4 Å². The Bertz CT molecular complexity index is 641. The van der Waals surface area contributed by atoms with Crippen molar-refractivity contribution >= 4 is 35.0 Å². The van der Waals surface area contributed by atoms with Crippen molar-refractivity contribution in [3.8, 4) is 0 Å². The van der Waals surface area contributed by atoms with Crippen molar-refractivity contribution < 1.29 is 4.79 Å². The van der Waals surface area contributed by atoms with Gasteiger partial charge in [0.25, 0.3) is 0 Å². The summed E-state index contributed by atoms with van der Waals surface area (Å²) in [5.41, 5.74) is 2.04. The third-order valence-electron chi connectivity index (χ3n) is 3.51. The molecule has 0 bridgehead atoms. The number of hydrogen-bond acceptors (Lipinski definition) is 2. The summed E-state index contributed by atoms with van der Waals surface area (Å²) in [6.45, 7) is 0.788. The summed E-state index contributed by atoms with van der Waals surface area (Å²) in [7, 11) is 0. The zero-order chi connectivity index (χ0) is 14.7. The van der Waals surface area contributed by atoms with E-state index in [1.807, 2.05) is 59.1 Å². The van der Waals surface area contributed by atoms with Crippen molar-refractivity contribution in [3.05, 3.63) is 59.1 Å². The minimum atomic E-state index is 0.146. The lowest BCUT2D eigenvalue weighted by atomic mass is 10.1. The molecule has 2 aromatic carbocycles. The molecular weight excluding hydrogens is 302 g/mol. The first kappa shape index (κ1) is 14.5. The molecule has 2 aromatic rings. The highest BCUT2D eigenvalue weighted by Crippen LogP contribution is 2.33. The Kier molecular flexibility index (Phi) is 4.51. The molecule has 0 spiro atoms. The van der Waals surface area contributed by atoms with Gasteiger partial charge in [-0.3, -0.25) is 4.79 Å². The van der Waals surface area contributed by atoms with Crippen LogP contribution in [0, 0.1) is 0 Å². The number of anilines is 1. The Morgan fingerprint density at radius 2 is 1.90 bits per heavy atom. The Hall–Kier alpha value is -1.45. The van der Waals surface area contributed by atoms with Crippen molar-refractivity contribution in [1.82, 2.24) is 0 Å². The quantitative estimate of drug-likeness (QED) is 0.817. The first-order valence-corrected chi connectivity index (χ1v) is 8.37. The molecule has 1 heterocycles. The number of thioether (sulfide) groups is 1. The van der Waals surface area contributed by atoms with Crippen LogP contribution in [0.15, 0.2) is 53.4 Å². The summed E-state index contributed by atoms with van der Waals surface area (Å²) in [6, 6.07) is 15.6. The number of halogens is 1. The number of para-hydroxylation sites is 1. The van der Waals surface area contributed by atoms with Crippen LogP contribution in [0.2, 0.25) is 5.02 Å². The molecule has 1 aliphatic rings. The van der Waals surface area contributed by atoms with Crippen LogP contribution in [0.3, 0.4) is 0 Å². The smallest absolute Gasteiger partial charge is 0.231 e. The minimum Gasteiger partial charge on any atom is -0.311 e. The predicted molar refractivity (Wildman–Crippen MR) is 89.3 cm³/mol. The lowest BCUT2D eigenvalue weighted by Crippen LogP contribution is -2.33. The summed E-state index contributed by atoms with van der Waals surface area (Å²) in [5, 5.41) is 0.697. The van der Waals surface area contributed by atoms with Gasteiger partial charge in [-0.1, -0.05) is 35.9 Å². The number of carbonyl (C=O) groups is 1. The van der Waals surface area contributed by atoms with Gasteiger partial charge in [-0.15, -0.1) is 11.8 Å². The van der Waals surface area contributed by atoms with E-state index in [0.29, 0.717) is 11.4 Å². The number of fused-ring (bicyclic) bond motifs is 1. The van der Waals surface area contributed by atoms with E-state index in [1.54, 1.807) is 0 Å². The normalized spacial score (nSPS) is 14.4. The molecule has 0 unspecified atom stereocenters. The molecule has 0 radical (unpaired) electrons. The molecule has 2 nitrogen and oxygen atoms in total. The Labute approximate surface area is 134 Å². The molecule has 0 aliphatic carbocycles. The highest BCUT2D eigenvalue weighted by molar-refractivity contribution is 7.99. The SMILES string of the molecule is O=C(Cc1ccc(Cl)cc1)N1CCCSc2ccccc21. The Balaban J connectivity index is 1.82. The van der Waals surface area contributed by atoms with Crippen molar-refractivity contribution in [3.63, 3.8) is 0 Å². The lowest BCUT2D eigenvalue weighted by molar-refractivity contribution is -0.118. The second kappa shape index (κ2) is 6.54. The number of rotatable bonds is 2. The monoisotopic (exact) mass is 317 g/mol. The van der Waals surface area contributed by atoms with Gasteiger partial charge in [0.15, 0.2) is 0 Å². The average molecular weight is 318 g/mol. The first-order valence-electron chi connectivity index (χ1n) is 7.01. The summed E-state index contributed by atoms with van der Waals surface area (Å²) in [4.78, 5) is 15.8. The maximum absolute atomic E-state index is 12.7. The second-order valence-corrected chi connectivity index (χ2v) is 6.59. The third kappa shape index (κ3) is 3.42. The molecule has 21 heavy (non-hydrogen) atoms. The largest absolute Gasteiger partial charge is 0.311 e. The summed E-state index contributed by atoms with van der Waals surface area (Å²) in [5.74, 6) is 1.20. The molecule has 3 rings (SSSR count). The van der Waals surface area contributed by atoms with E-state index in [2.05, 4.69) is 6.07 Å². The fourth-order valence-corrected chi connectivity index (χ4v) is 3.58. The molecule has 0 N–H and O–H groups in total. The number of carbonyl (C=O) groups excluding carboxylic acids is 1. The summed E-state index contributed by atoms with van der Waals surface area (Å²) in [6.07, 6.45) is 1.43. The number of hydrogen-bond donors (Lipinski definition) is 0. The Morgan fingerprint density at radius 1 is 1.14 bits per heavy atom. The van der Waals surface area contributed by atoms with E-state index in [9.17, 15) is 4.79 Å². The molecular formula is C17H16ClNOS. The zero-order valence-electron chi connectivity index (χ0n) is 11.6. The van der Waals surface area contributed by atoms with Crippen LogP contribution in [0.5, 0.6) is 0 Å². The topological polar surface area (TPSA) is 20.3 Å². The molecule has 0 atom stereocenters. The van der Waals surface area contributed by atoms with Crippen molar-refractivity contribution in [2.24, 2.45) is 0 Å². The van der Waals surface area contributed by atoms with Gasteiger partial charge in [0.05, 0.1) is 12.1 Å². The third-order valence-corrected chi connectivity index (χ3v) is 4.91. The number of amides is 1. The standard InChI is InChI=1S/C17H16ClNOS/c18-14-8-6-13(7-9-14)12-17(20)19-10-3-11-21-16-5-2-1-4-15(16)19/h1-2,4-9H,3,10-12H2. The predicted octanol–water partition coefficient (Wildman–Crippen LogP) is 4.41. The molecule has 1 aliphatic heterocycles. The molecule has 4 heteroatoms. The molecule has 0 saturated carbocycles. The van der Waals surface area contributed by atoms with Gasteiger partial charge < -0.3 is 4.90 Å². The van der Waals surface area contributed by atoms with Gasteiger partial charge in [0.2, 0.25) is 5.91 Å². The zero-order valence-corrected chi connectivity index (χ0v) is 13.2. The van der Waals surface area contributed by atoms with Gasteiger partial charge in [0.1, 0.15) is 0 Å². The van der Waals surface area contributed by atoms with E-state index < -0.39 is 0 Å². The van der Waals surface area contributed by atoms with Crippen molar-refractivity contribution in [2.75, 3.05) is 17.2 Å². The maximum Gasteiger partial charge on any atom is 0.231 e. The van der Waals surface area contributed by atoms with Crippen molar-refractivity contribution in [2.45, 2.75) is 17.7 Å². The van der Waals surface area contributed by atoms with Gasteiger partial charge in [-0.05, 0) is 42.0 Å². The van der Waals surface area contributed by atoms with Gasteiger partial charge in [-0.25, -0.2) is 0 Å². The molecule has 1 amide bonds. The second-order valence-electron chi connectivity index (χ2n) is 5.02.